The fourth-order valence-electron chi connectivity index (χ4n) is 6.85. The molecule has 39 heavy (non-hydrogen) atoms. The number of carbonyl (C=O) groups is 4. The van der Waals surface area contributed by atoms with E-state index in [1.165, 1.54) is 0 Å². The SMILES string of the molecule is COc1ccc(C2=NN(C3CCN(C(=O)CN4C(=O)CCC4=O)CC3)C(=O)C2(C)C)c2c1OC1(CCCC1)C2. The number of fused-ring (bicyclic) bond motifs is 1. The van der Waals surface area contributed by atoms with Crippen LogP contribution in [0, 0.1) is 5.41 Å². The second-order valence-electron chi connectivity index (χ2n) is 12.0. The van der Waals surface area contributed by atoms with Gasteiger partial charge < -0.3 is 14.4 Å². The van der Waals surface area contributed by atoms with E-state index in [9.17, 15) is 19.2 Å². The zero-order chi connectivity index (χ0) is 27.5. The number of hydrogen-bond acceptors (Lipinski definition) is 7. The number of imide groups is 1. The first-order chi connectivity index (χ1) is 18.6. The molecule has 0 unspecified atom stereocenters. The van der Waals surface area contributed by atoms with Crippen LogP contribution in [-0.4, -0.2) is 82.5 Å². The van der Waals surface area contributed by atoms with Crippen molar-refractivity contribution in [2.45, 2.75) is 83.3 Å². The Morgan fingerprint density at radius 1 is 1.08 bits per heavy atom. The van der Waals surface area contributed by atoms with E-state index in [1.54, 1.807) is 17.0 Å². The van der Waals surface area contributed by atoms with Crippen molar-refractivity contribution in [1.82, 2.24) is 14.8 Å². The van der Waals surface area contributed by atoms with Crippen molar-refractivity contribution in [3.63, 3.8) is 0 Å². The zero-order valence-corrected chi connectivity index (χ0v) is 23.0. The molecular formula is C29H36N4O6. The summed E-state index contributed by atoms with van der Waals surface area (Å²) in [5.74, 6) is 0.640. The van der Waals surface area contributed by atoms with Crippen LogP contribution >= 0.6 is 0 Å². The van der Waals surface area contributed by atoms with E-state index in [-0.39, 0.29) is 54.7 Å². The van der Waals surface area contributed by atoms with Crippen LogP contribution in [-0.2, 0) is 25.6 Å². The third-order valence-electron chi connectivity index (χ3n) is 9.19. The molecule has 4 amide bonds. The van der Waals surface area contributed by atoms with Gasteiger partial charge in [-0.05, 0) is 64.5 Å². The Kier molecular flexibility index (Phi) is 6.19. The molecule has 1 aromatic carbocycles. The van der Waals surface area contributed by atoms with Crippen molar-refractivity contribution < 1.29 is 28.7 Å². The maximum atomic E-state index is 13.7. The molecule has 0 aromatic heterocycles. The second-order valence-corrected chi connectivity index (χ2v) is 12.0. The molecule has 6 rings (SSSR count). The molecule has 10 nitrogen and oxygen atoms in total. The van der Waals surface area contributed by atoms with E-state index in [0.717, 1.165) is 59.6 Å². The van der Waals surface area contributed by atoms with Crippen LogP contribution < -0.4 is 9.47 Å². The van der Waals surface area contributed by atoms with Gasteiger partial charge in [0.15, 0.2) is 11.5 Å². The number of benzene rings is 1. The summed E-state index contributed by atoms with van der Waals surface area (Å²) < 4.78 is 12.2. The quantitative estimate of drug-likeness (QED) is 0.536. The van der Waals surface area contributed by atoms with Gasteiger partial charge in [-0.25, -0.2) is 5.01 Å². The summed E-state index contributed by atoms with van der Waals surface area (Å²) in [5, 5.41) is 6.57. The Labute approximate surface area is 228 Å². The number of amides is 4. The minimum Gasteiger partial charge on any atom is -0.493 e. The van der Waals surface area contributed by atoms with Gasteiger partial charge in [-0.2, -0.15) is 5.10 Å². The Hall–Kier alpha value is -3.43. The average molecular weight is 537 g/mol. The summed E-state index contributed by atoms with van der Waals surface area (Å²) in [7, 11) is 1.65. The molecule has 0 bridgehead atoms. The molecular weight excluding hydrogens is 500 g/mol. The monoisotopic (exact) mass is 536 g/mol. The van der Waals surface area contributed by atoms with E-state index in [2.05, 4.69) is 0 Å². The molecule has 4 aliphatic heterocycles. The highest BCUT2D eigenvalue weighted by molar-refractivity contribution is 6.20. The Morgan fingerprint density at radius 2 is 1.74 bits per heavy atom. The summed E-state index contributed by atoms with van der Waals surface area (Å²) in [6.45, 7) is 4.54. The number of piperidine rings is 1. The van der Waals surface area contributed by atoms with Gasteiger partial charge in [0, 0.05) is 43.5 Å². The van der Waals surface area contributed by atoms with Crippen molar-refractivity contribution in [3.8, 4) is 11.5 Å². The minimum atomic E-state index is -0.808. The van der Waals surface area contributed by atoms with Gasteiger partial charge in [-0.1, -0.05) is 0 Å². The number of methoxy groups -OCH3 is 1. The first-order valence-electron chi connectivity index (χ1n) is 14.1. The molecule has 3 fully saturated rings. The predicted molar refractivity (Wildman–Crippen MR) is 141 cm³/mol. The van der Waals surface area contributed by atoms with Crippen LogP contribution in [0.4, 0.5) is 0 Å². The lowest BCUT2D eigenvalue weighted by Gasteiger charge is -2.36. The number of ether oxygens (including phenoxy) is 2. The van der Waals surface area contributed by atoms with Crippen molar-refractivity contribution in [2.24, 2.45) is 10.5 Å². The highest BCUT2D eigenvalue weighted by Crippen LogP contribution is 2.51. The standard InChI is InChI=1S/C29H36N4O6/c1-28(2)26(19-6-7-21(38-3)25-20(19)16-29(39-25)12-4-5-13-29)30-33(27(28)37)18-10-14-31(15-11-18)24(36)17-32-22(34)8-9-23(32)35/h6-7,18H,4-5,8-17H2,1-3H3. The van der Waals surface area contributed by atoms with Crippen molar-refractivity contribution in [2.75, 3.05) is 26.7 Å². The van der Waals surface area contributed by atoms with Crippen molar-refractivity contribution >= 4 is 29.3 Å². The van der Waals surface area contributed by atoms with Gasteiger partial charge in [0.05, 0.1) is 24.3 Å². The molecule has 0 N–H and O–H groups in total. The Morgan fingerprint density at radius 3 is 2.38 bits per heavy atom. The fourth-order valence-corrected chi connectivity index (χ4v) is 6.85. The van der Waals surface area contributed by atoms with Gasteiger partial charge in [-0.15, -0.1) is 0 Å². The van der Waals surface area contributed by atoms with Crippen molar-refractivity contribution in [3.05, 3.63) is 23.3 Å². The van der Waals surface area contributed by atoms with Crippen LogP contribution in [0.1, 0.15) is 76.3 Å². The smallest absolute Gasteiger partial charge is 0.254 e. The summed E-state index contributed by atoms with van der Waals surface area (Å²) in [5.41, 5.74) is 1.77. The highest BCUT2D eigenvalue weighted by Gasteiger charge is 2.50. The normalized spacial score (nSPS) is 24.0. The first kappa shape index (κ1) is 25.8. The molecule has 2 saturated heterocycles. The van der Waals surface area contributed by atoms with E-state index >= 15 is 0 Å². The molecule has 1 spiro atoms. The van der Waals surface area contributed by atoms with Gasteiger partial charge in [0.1, 0.15) is 12.1 Å². The van der Waals surface area contributed by atoms with E-state index in [0.29, 0.717) is 31.7 Å². The molecule has 10 heteroatoms. The maximum Gasteiger partial charge on any atom is 0.254 e. The number of carbonyl (C=O) groups excluding carboxylic acids is 4. The number of rotatable bonds is 5. The molecule has 1 saturated carbocycles. The van der Waals surface area contributed by atoms with Crippen LogP contribution in [0.3, 0.4) is 0 Å². The number of likely N-dealkylation sites (tertiary alicyclic amines) is 2. The minimum absolute atomic E-state index is 0.0467. The molecule has 5 aliphatic rings. The number of hydrazone groups is 1. The topological polar surface area (TPSA) is 109 Å². The van der Waals surface area contributed by atoms with Crippen LogP contribution in [0.5, 0.6) is 11.5 Å². The first-order valence-corrected chi connectivity index (χ1v) is 14.1. The zero-order valence-electron chi connectivity index (χ0n) is 23.0. The molecule has 0 atom stereocenters. The van der Waals surface area contributed by atoms with Crippen molar-refractivity contribution in [1.29, 1.82) is 0 Å². The Balaban J connectivity index is 1.20. The predicted octanol–water partition coefficient (Wildman–Crippen LogP) is 2.66. The summed E-state index contributed by atoms with van der Waals surface area (Å²) in [6.07, 6.45) is 6.63. The lowest BCUT2D eigenvalue weighted by Crippen LogP contribution is -2.50. The molecule has 4 heterocycles. The largest absolute Gasteiger partial charge is 0.493 e. The molecule has 1 aromatic rings. The van der Waals surface area contributed by atoms with Crippen LogP contribution in [0.2, 0.25) is 0 Å². The summed E-state index contributed by atoms with van der Waals surface area (Å²) in [6, 6.07) is 3.79. The van der Waals surface area contributed by atoms with Gasteiger partial charge >= 0.3 is 0 Å². The average Bonchev–Trinajstić information content (AvgIpc) is 3.68. The van der Waals surface area contributed by atoms with Crippen LogP contribution in [0.15, 0.2) is 17.2 Å². The molecule has 208 valence electrons. The fraction of sp³-hybridized carbons (Fsp3) is 0.621. The second kappa shape index (κ2) is 9.34. The van der Waals surface area contributed by atoms with E-state index < -0.39 is 5.41 Å². The summed E-state index contributed by atoms with van der Waals surface area (Å²) >= 11 is 0. The van der Waals surface area contributed by atoms with Gasteiger partial charge in [0.25, 0.3) is 5.91 Å². The third kappa shape index (κ3) is 4.19. The van der Waals surface area contributed by atoms with E-state index in [4.69, 9.17) is 14.6 Å². The summed E-state index contributed by atoms with van der Waals surface area (Å²) in [4.78, 5) is 53.1. The number of nitrogens with zero attached hydrogens (tertiary/aromatic N) is 4. The lowest BCUT2D eigenvalue weighted by atomic mass is 9.80. The lowest BCUT2D eigenvalue weighted by molar-refractivity contribution is -0.147. The van der Waals surface area contributed by atoms with E-state index in [1.807, 2.05) is 26.0 Å². The van der Waals surface area contributed by atoms with Gasteiger partial charge in [-0.3, -0.25) is 24.1 Å². The molecule has 1 aliphatic carbocycles. The molecule has 0 radical (unpaired) electrons. The maximum absolute atomic E-state index is 13.7. The van der Waals surface area contributed by atoms with Gasteiger partial charge in [0.2, 0.25) is 17.7 Å². The third-order valence-corrected chi connectivity index (χ3v) is 9.19. The highest BCUT2D eigenvalue weighted by atomic mass is 16.5. The van der Waals surface area contributed by atoms with Crippen LogP contribution in [0.25, 0.3) is 0 Å². The number of hydrogen-bond donors (Lipinski definition) is 0. The Bertz CT molecular complexity index is 1260.